The Bertz CT molecular complexity index is 503. The molecule has 0 radical (unpaired) electrons. The number of benzene rings is 1. The van der Waals surface area contributed by atoms with Crippen molar-refractivity contribution in [2.24, 2.45) is 4.99 Å². The van der Waals surface area contributed by atoms with Crippen molar-refractivity contribution in [2.75, 3.05) is 7.11 Å². The number of hydrogen-bond acceptors (Lipinski definition) is 4. The van der Waals surface area contributed by atoms with Crippen LogP contribution in [0.5, 0.6) is 5.75 Å². The van der Waals surface area contributed by atoms with Gasteiger partial charge in [0.1, 0.15) is 5.75 Å². The van der Waals surface area contributed by atoms with Crippen LogP contribution < -0.4 is 4.74 Å². The minimum atomic E-state index is -0.544. The molecule has 4 nitrogen and oxygen atoms in total. The predicted octanol–water partition coefficient (Wildman–Crippen LogP) is 2.53. The van der Waals surface area contributed by atoms with Crippen LogP contribution in [0.3, 0.4) is 0 Å². The third-order valence-electron chi connectivity index (χ3n) is 2.98. The Labute approximate surface area is 112 Å². The van der Waals surface area contributed by atoms with Crippen molar-refractivity contribution in [1.82, 2.24) is 0 Å². The second-order valence-electron chi connectivity index (χ2n) is 4.23. The molecule has 0 bridgehead atoms. The van der Waals surface area contributed by atoms with Crippen molar-refractivity contribution >= 4 is 11.5 Å². The molecule has 0 aliphatic carbocycles. The molecule has 1 heterocycles. The molecule has 1 aromatic carbocycles. The monoisotopic (exact) mass is 259 g/mol. The summed E-state index contributed by atoms with van der Waals surface area (Å²) < 4.78 is 10.8. The zero-order valence-electron chi connectivity index (χ0n) is 11.1. The number of methoxy groups -OCH3 is 1. The molecule has 2 rings (SSSR count). The molecule has 4 heteroatoms. The van der Waals surface area contributed by atoms with Crippen LogP contribution in [-0.2, 0) is 16.1 Å². The molecule has 19 heavy (non-hydrogen) atoms. The lowest BCUT2D eigenvalue weighted by molar-refractivity contribution is -0.122. The van der Waals surface area contributed by atoms with Gasteiger partial charge in [0.15, 0.2) is 11.9 Å². The van der Waals surface area contributed by atoms with Crippen LogP contribution in [0.15, 0.2) is 41.5 Å². The molecule has 0 N–H and O–H groups in total. The highest BCUT2D eigenvalue weighted by Crippen LogP contribution is 2.15. The van der Waals surface area contributed by atoms with E-state index in [0.29, 0.717) is 13.0 Å². The highest BCUT2D eigenvalue weighted by Gasteiger charge is 2.24. The largest absolute Gasteiger partial charge is 0.497 e. The quantitative estimate of drug-likeness (QED) is 0.816. The van der Waals surface area contributed by atoms with Crippen LogP contribution in [0.1, 0.15) is 18.9 Å². The number of ketones is 1. The zero-order valence-corrected chi connectivity index (χ0v) is 11.1. The number of hydrogen-bond donors (Lipinski definition) is 0. The highest BCUT2D eigenvalue weighted by atomic mass is 16.5. The van der Waals surface area contributed by atoms with Crippen molar-refractivity contribution in [3.05, 3.63) is 42.1 Å². The summed E-state index contributed by atoms with van der Waals surface area (Å²) in [5.41, 5.74) is 1.78. The maximum absolute atomic E-state index is 11.8. The number of carbonyl (C=O) groups is 1. The number of ether oxygens (including phenoxy) is 2. The number of rotatable bonds is 5. The third-order valence-corrected chi connectivity index (χ3v) is 2.98. The summed E-state index contributed by atoms with van der Waals surface area (Å²) in [6.07, 6.45) is 3.16. The third kappa shape index (κ3) is 3.29. The number of aliphatic imine (C=N–C) groups is 1. The van der Waals surface area contributed by atoms with Gasteiger partial charge < -0.3 is 9.47 Å². The molecule has 0 saturated carbocycles. The summed E-state index contributed by atoms with van der Waals surface area (Å²) in [6.45, 7) is 2.35. The fourth-order valence-electron chi connectivity index (χ4n) is 1.88. The smallest absolute Gasteiger partial charge is 0.191 e. The van der Waals surface area contributed by atoms with E-state index in [0.717, 1.165) is 17.0 Å². The summed E-state index contributed by atoms with van der Waals surface area (Å²) in [5.74, 6) is 0.761. The minimum Gasteiger partial charge on any atom is -0.497 e. The van der Waals surface area contributed by atoms with Gasteiger partial charge in [0.25, 0.3) is 0 Å². The Morgan fingerprint density at radius 1 is 1.26 bits per heavy atom. The van der Waals surface area contributed by atoms with Crippen LogP contribution in [0.2, 0.25) is 0 Å². The fourth-order valence-corrected chi connectivity index (χ4v) is 1.88. The SMILES string of the molecule is CCC1=NC=CC(=O)C1OCc1ccc(OC)cc1. The molecule has 0 aromatic heterocycles. The molecule has 1 atom stereocenters. The lowest BCUT2D eigenvalue weighted by Crippen LogP contribution is -2.33. The van der Waals surface area contributed by atoms with Crippen LogP contribution >= 0.6 is 0 Å². The molecule has 100 valence electrons. The predicted molar refractivity (Wildman–Crippen MR) is 73.4 cm³/mol. The van der Waals surface area contributed by atoms with Gasteiger partial charge >= 0.3 is 0 Å². The topological polar surface area (TPSA) is 47.9 Å². The first kappa shape index (κ1) is 13.5. The van der Waals surface area contributed by atoms with E-state index in [1.165, 1.54) is 12.3 Å². The van der Waals surface area contributed by atoms with Gasteiger partial charge in [-0.2, -0.15) is 0 Å². The maximum atomic E-state index is 11.8. The molecule has 1 aliphatic rings. The van der Waals surface area contributed by atoms with Crippen molar-refractivity contribution in [3.8, 4) is 5.75 Å². The van der Waals surface area contributed by atoms with Gasteiger partial charge in [-0.05, 0) is 24.1 Å². The summed E-state index contributed by atoms with van der Waals surface area (Å²) in [4.78, 5) is 16.0. The lowest BCUT2D eigenvalue weighted by atomic mass is 10.1. The Morgan fingerprint density at radius 3 is 2.63 bits per heavy atom. The van der Waals surface area contributed by atoms with Crippen molar-refractivity contribution in [3.63, 3.8) is 0 Å². The molecule has 1 aromatic rings. The van der Waals surface area contributed by atoms with Gasteiger partial charge in [0, 0.05) is 12.3 Å². The molecule has 0 amide bonds. The van der Waals surface area contributed by atoms with Gasteiger partial charge in [0.05, 0.1) is 19.4 Å². The Balaban J connectivity index is 1.99. The first-order chi connectivity index (χ1) is 9.24. The molecule has 1 aliphatic heterocycles. The maximum Gasteiger partial charge on any atom is 0.191 e. The van der Waals surface area contributed by atoms with Crippen LogP contribution in [0.4, 0.5) is 0 Å². The van der Waals surface area contributed by atoms with E-state index in [1.807, 2.05) is 31.2 Å². The van der Waals surface area contributed by atoms with E-state index in [2.05, 4.69) is 4.99 Å². The Morgan fingerprint density at radius 2 is 2.00 bits per heavy atom. The van der Waals surface area contributed by atoms with Crippen molar-refractivity contribution < 1.29 is 14.3 Å². The average molecular weight is 259 g/mol. The van der Waals surface area contributed by atoms with E-state index < -0.39 is 6.10 Å². The van der Waals surface area contributed by atoms with E-state index in [9.17, 15) is 4.79 Å². The lowest BCUT2D eigenvalue weighted by Gasteiger charge is -2.18. The van der Waals surface area contributed by atoms with Gasteiger partial charge in [0.2, 0.25) is 0 Å². The molecule has 0 saturated heterocycles. The summed E-state index contributed by atoms with van der Waals surface area (Å²) in [5, 5.41) is 0. The molecule has 0 fully saturated rings. The van der Waals surface area contributed by atoms with E-state index in [-0.39, 0.29) is 5.78 Å². The van der Waals surface area contributed by atoms with Crippen LogP contribution in [0, 0.1) is 0 Å². The van der Waals surface area contributed by atoms with Gasteiger partial charge in [-0.15, -0.1) is 0 Å². The number of carbonyl (C=O) groups excluding carboxylic acids is 1. The van der Waals surface area contributed by atoms with Crippen LogP contribution in [-0.4, -0.2) is 24.7 Å². The van der Waals surface area contributed by atoms with E-state index >= 15 is 0 Å². The Hall–Kier alpha value is -1.94. The van der Waals surface area contributed by atoms with Crippen molar-refractivity contribution in [2.45, 2.75) is 26.1 Å². The second kappa shape index (κ2) is 6.29. The summed E-state index contributed by atoms with van der Waals surface area (Å²) in [6, 6.07) is 7.59. The summed E-state index contributed by atoms with van der Waals surface area (Å²) in [7, 11) is 1.63. The minimum absolute atomic E-state index is 0.0413. The molecule has 0 spiro atoms. The van der Waals surface area contributed by atoms with Gasteiger partial charge in [-0.25, -0.2) is 0 Å². The highest BCUT2D eigenvalue weighted by molar-refractivity contribution is 6.14. The second-order valence-corrected chi connectivity index (χ2v) is 4.23. The standard InChI is InChI=1S/C15H17NO3/c1-3-13-15(14(17)8-9-16-13)19-10-11-4-6-12(18-2)7-5-11/h4-9,15H,3,10H2,1-2H3. The van der Waals surface area contributed by atoms with E-state index in [4.69, 9.17) is 9.47 Å². The Kier molecular flexibility index (Phi) is 4.47. The molecule has 1 unspecified atom stereocenters. The first-order valence-electron chi connectivity index (χ1n) is 6.26. The van der Waals surface area contributed by atoms with E-state index in [1.54, 1.807) is 7.11 Å². The normalized spacial score (nSPS) is 18.3. The average Bonchev–Trinajstić information content (AvgIpc) is 2.46. The summed E-state index contributed by atoms with van der Waals surface area (Å²) >= 11 is 0. The zero-order chi connectivity index (χ0) is 13.7. The van der Waals surface area contributed by atoms with Gasteiger partial charge in [-0.3, -0.25) is 9.79 Å². The first-order valence-corrected chi connectivity index (χ1v) is 6.26. The number of nitrogens with zero attached hydrogens (tertiary/aromatic N) is 1. The molecular weight excluding hydrogens is 242 g/mol. The van der Waals surface area contributed by atoms with Crippen LogP contribution in [0.25, 0.3) is 0 Å². The van der Waals surface area contributed by atoms with Crippen molar-refractivity contribution in [1.29, 1.82) is 0 Å². The fraction of sp³-hybridized carbons (Fsp3) is 0.333. The van der Waals surface area contributed by atoms with Gasteiger partial charge in [-0.1, -0.05) is 19.1 Å². The molecular formula is C15H17NO3.